The Morgan fingerprint density at radius 2 is 1.78 bits per heavy atom. The highest BCUT2D eigenvalue weighted by molar-refractivity contribution is 6.33. The van der Waals surface area contributed by atoms with E-state index >= 15 is 0 Å². The number of nitrogens with zero attached hydrogens (tertiary/aromatic N) is 3. The maximum atomic E-state index is 12.7. The summed E-state index contributed by atoms with van der Waals surface area (Å²) in [6.45, 7) is 4.36. The molecule has 1 fully saturated rings. The predicted molar refractivity (Wildman–Crippen MR) is 129 cm³/mol. The van der Waals surface area contributed by atoms with E-state index in [1.54, 1.807) is 30.5 Å². The predicted octanol–water partition coefficient (Wildman–Crippen LogP) is 3.85. The Labute approximate surface area is 192 Å². The Kier molecular flexibility index (Phi) is 7.21. The van der Waals surface area contributed by atoms with Gasteiger partial charge in [0.05, 0.1) is 22.9 Å². The largest absolute Gasteiger partial charge is 0.395 e. The highest BCUT2D eigenvalue weighted by Crippen LogP contribution is 2.28. The Morgan fingerprint density at radius 1 is 1.00 bits per heavy atom. The molecule has 0 saturated carbocycles. The summed E-state index contributed by atoms with van der Waals surface area (Å²) in [5.74, 6) is 0.621. The van der Waals surface area contributed by atoms with Crippen molar-refractivity contribution in [2.45, 2.75) is 0 Å². The lowest BCUT2D eigenvalue weighted by Crippen LogP contribution is -2.47. The van der Waals surface area contributed by atoms with E-state index in [1.807, 2.05) is 36.4 Å². The quantitative estimate of drug-likeness (QED) is 0.506. The highest BCUT2D eigenvalue weighted by Gasteiger charge is 2.18. The Balaban J connectivity index is 1.38. The van der Waals surface area contributed by atoms with Crippen LogP contribution in [0.4, 0.5) is 22.9 Å². The van der Waals surface area contributed by atoms with Gasteiger partial charge in [0.15, 0.2) is 0 Å². The number of β-amino-alcohol motifs (C(OH)–C–C–N with tert-alkyl or cyclic N) is 1. The zero-order valence-electron chi connectivity index (χ0n) is 17.7. The van der Waals surface area contributed by atoms with E-state index in [-0.39, 0.29) is 12.5 Å². The van der Waals surface area contributed by atoms with Crippen LogP contribution in [0.1, 0.15) is 10.4 Å². The number of amides is 1. The molecule has 1 aliphatic heterocycles. The number of aliphatic hydroxyl groups is 1. The summed E-state index contributed by atoms with van der Waals surface area (Å²) in [5, 5.41) is 15.8. The number of hydrogen-bond donors (Lipinski definition) is 3. The van der Waals surface area contributed by atoms with Gasteiger partial charge in [0.25, 0.3) is 5.91 Å². The lowest BCUT2D eigenvalue weighted by molar-refractivity contribution is 0.102. The summed E-state index contributed by atoms with van der Waals surface area (Å²) >= 11 is 6.31. The van der Waals surface area contributed by atoms with Gasteiger partial charge in [-0.2, -0.15) is 0 Å². The van der Waals surface area contributed by atoms with E-state index < -0.39 is 0 Å². The van der Waals surface area contributed by atoms with Gasteiger partial charge in [-0.3, -0.25) is 9.69 Å². The molecule has 1 amide bonds. The summed E-state index contributed by atoms with van der Waals surface area (Å²) in [4.78, 5) is 21.6. The van der Waals surface area contributed by atoms with Gasteiger partial charge < -0.3 is 20.6 Å². The number of aromatic nitrogens is 1. The number of anilines is 4. The molecule has 3 N–H and O–H groups in total. The molecule has 166 valence electrons. The van der Waals surface area contributed by atoms with Crippen LogP contribution < -0.4 is 15.5 Å². The normalized spacial score (nSPS) is 14.2. The first kappa shape index (κ1) is 22.1. The Morgan fingerprint density at radius 3 is 2.47 bits per heavy atom. The van der Waals surface area contributed by atoms with E-state index in [0.29, 0.717) is 28.5 Å². The van der Waals surface area contributed by atoms with Crippen molar-refractivity contribution in [3.63, 3.8) is 0 Å². The molecule has 0 radical (unpaired) electrons. The Hall–Kier alpha value is -3.13. The second-order valence-electron chi connectivity index (χ2n) is 7.60. The van der Waals surface area contributed by atoms with Crippen LogP contribution in [-0.2, 0) is 0 Å². The van der Waals surface area contributed by atoms with Crippen LogP contribution in [0.25, 0.3) is 0 Å². The third kappa shape index (κ3) is 5.56. The standard InChI is InChI=1S/C24H26ClN5O2/c25-21-8-7-20(16-22(21)27-19-4-2-1-3-5-19)28-24(32)18-6-9-23(26-17-18)30-12-10-29(11-13-30)14-15-31/h1-9,16-17,27,31H,10-15H2,(H,28,32). The maximum Gasteiger partial charge on any atom is 0.257 e. The lowest BCUT2D eigenvalue weighted by atomic mass is 10.2. The number of carbonyl (C=O) groups is 1. The van der Waals surface area contributed by atoms with Crippen LogP contribution in [0.2, 0.25) is 5.02 Å². The summed E-state index contributed by atoms with van der Waals surface area (Å²) in [6, 6.07) is 18.7. The number of halogens is 1. The molecular formula is C24H26ClN5O2. The fourth-order valence-electron chi connectivity index (χ4n) is 3.63. The number of piperazine rings is 1. The van der Waals surface area contributed by atoms with Crippen molar-refractivity contribution in [3.05, 3.63) is 77.4 Å². The molecule has 1 aromatic heterocycles. The SMILES string of the molecule is O=C(Nc1ccc(Cl)c(Nc2ccccc2)c1)c1ccc(N2CCN(CCO)CC2)nc1. The van der Waals surface area contributed by atoms with E-state index in [2.05, 4.69) is 25.4 Å². The van der Waals surface area contributed by atoms with E-state index in [9.17, 15) is 4.79 Å². The van der Waals surface area contributed by atoms with E-state index in [0.717, 1.165) is 37.7 Å². The van der Waals surface area contributed by atoms with Crippen molar-refractivity contribution in [3.8, 4) is 0 Å². The summed E-state index contributed by atoms with van der Waals surface area (Å²) in [5.41, 5.74) is 2.75. The molecule has 3 aromatic rings. The zero-order chi connectivity index (χ0) is 22.3. The molecule has 4 rings (SSSR count). The minimum absolute atomic E-state index is 0.180. The molecule has 1 aliphatic rings. The molecule has 0 atom stereocenters. The van der Waals surface area contributed by atoms with Crippen molar-refractivity contribution >= 4 is 40.4 Å². The number of carbonyl (C=O) groups excluding carboxylic acids is 1. The minimum atomic E-state index is -0.232. The minimum Gasteiger partial charge on any atom is -0.395 e. The monoisotopic (exact) mass is 451 g/mol. The molecule has 8 heteroatoms. The van der Waals surface area contributed by atoms with Crippen molar-refractivity contribution in [1.29, 1.82) is 0 Å². The third-order valence-corrected chi connectivity index (χ3v) is 5.73. The molecule has 0 unspecified atom stereocenters. The van der Waals surface area contributed by atoms with Gasteiger partial charge in [0, 0.05) is 50.3 Å². The van der Waals surface area contributed by atoms with Crippen LogP contribution in [0.3, 0.4) is 0 Å². The van der Waals surface area contributed by atoms with Gasteiger partial charge in [0.1, 0.15) is 5.82 Å². The number of para-hydroxylation sites is 1. The van der Waals surface area contributed by atoms with Gasteiger partial charge in [0.2, 0.25) is 0 Å². The molecule has 2 heterocycles. The summed E-state index contributed by atoms with van der Waals surface area (Å²) in [6.07, 6.45) is 1.60. The number of hydrogen-bond acceptors (Lipinski definition) is 6. The fraction of sp³-hybridized carbons (Fsp3) is 0.250. The number of pyridine rings is 1. The first-order chi connectivity index (χ1) is 15.6. The van der Waals surface area contributed by atoms with E-state index in [1.165, 1.54) is 0 Å². The molecular weight excluding hydrogens is 426 g/mol. The summed E-state index contributed by atoms with van der Waals surface area (Å²) in [7, 11) is 0. The Bertz CT molecular complexity index is 1040. The molecule has 7 nitrogen and oxygen atoms in total. The van der Waals surface area contributed by atoms with Crippen molar-refractivity contribution < 1.29 is 9.90 Å². The topological polar surface area (TPSA) is 80.7 Å². The van der Waals surface area contributed by atoms with Gasteiger partial charge in [-0.25, -0.2) is 4.98 Å². The first-order valence-corrected chi connectivity index (χ1v) is 11.0. The molecule has 0 bridgehead atoms. The van der Waals surface area contributed by atoms with Crippen LogP contribution in [-0.4, -0.2) is 60.2 Å². The second kappa shape index (κ2) is 10.5. The molecule has 32 heavy (non-hydrogen) atoms. The lowest BCUT2D eigenvalue weighted by Gasteiger charge is -2.35. The number of nitrogens with one attached hydrogen (secondary N) is 2. The van der Waals surface area contributed by atoms with Crippen LogP contribution in [0.5, 0.6) is 0 Å². The average Bonchev–Trinajstić information content (AvgIpc) is 2.83. The van der Waals surface area contributed by atoms with Gasteiger partial charge >= 0.3 is 0 Å². The van der Waals surface area contributed by atoms with Crippen LogP contribution in [0.15, 0.2) is 66.9 Å². The smallest absolute Gasteiger partial charge is 0.257 e. The first-order valence-electron chi connectivity index (χ1n) is 10.6. The molecule has 2 aromatic carbocycles. The van der Waals surface area contributed by atoms with Crippen molar-refractivity contribution in [2.24, 2.45) is 0 Å². The zero-order valence-corrected chi connectivity index (χ0v) is 18.4. The fourth-order valence-corrected chi connectivity index (χ4v) is 3.79. The molecule has 1 saturated heterocycles. The molecule has 0 spiro atoms. The average molecular weight is 452 g/mol. The molecule has 0 aliphatic carbocycles. The third-order valence-electron chi connectivity index (χ3n) is 5.40. The van der Waals surface area contributed by atoms with Gasteiger partial charge in [-0.05, 0) is 42.5 Å². The van der Waals surface area contributed by atoms with Crippen molar-refractivity contribution in [2.75, 3.05) is 54.9 Å². The highest BCUT2D eigenvalue weighted by atomic mass is 35.5. The maximum absolute atomic E-state index is 12.7. The van der Waals surface area contributed by atoms with Gasteiger partial charge in [-0.1, -0.05) is 29.8 Å². The van der Waals surface area contributed by atoms with Gasteiger partial charge in [-0.15, -0.1) is 0 Å². The van der Waals surface area contributed by atoms with Crippen LogP contribution in [0, 0.1) is 0 Å². The number of benzene rings is 2. The number of rotatable bonds is 7. The van der Waals surface area contributed by atoms with E-state index in [4.69, 9.17) is 16.7 Å². The van der Waals surface area contributed by atoms with Crippen LogP contribution >= 0.6 is 11.6 Å². The van der Waals surface area contributed by atoms with Crippen molar-refractivity contribution in [1.82, 2.24) is 9.88 Å². The second-order valence-corrected chi connectivity index (χ2v) is 8.00. The summed E-state index contributed by atoms with van der Waals surface area (Å²) < 4.78 is 0. The number of aliphatic hydroxyl groups excluding tert-OH is 1.